The maximum atomic E-state index is 5.32. The first-order chi connectivity index (χ1) is 6.35. The average molecular weight is 188 g/mol. The van der Waals surface area contributed by atoms with Crippen LogP contribution in [0.2, 0.25) is 0 Å². The van der Waals surface area contributed by atoms with Gasteiger partial charge in [0, 0.05) is 19.8 Å². The number of hydrogen-bond donors (Lipinski definition) is 0. The van der Waals surface area contributed by atoms with Crippen LogP contribution >= 0.6 is 0 Å². The molecule has 79 valence electrons. The van der Waals surface area contributed by atoms with E-state index in [0.29, 0.717) is 13.5 Å². The molecule has 3 heteroatoms. The summed E-state index contributed by atoms with van der Waals surface area (Å²) in [6.07, 6.45) is 2.06. The van der Waals surface area contributed by atoms with E-state index in [1.165, 1.54) is 0 Å². The third kappa shape index (κ3) is 8.22. The van der Waals surface area contributed by atoms with Crippen LogP contribution in [-0.2, 0) is 9.47 Å². The molecule has 0 saturated carbocycles. The molecule has 0 N–H and O–H groups in total. The maximum Gasteiger partial charge on any atom is 0.101 e. The van der Waals surface area contributed by atoms with Gasteiger partial charge in [0.15, 0.2) is 0 Å². The van der Waals surface area contributed by atoms with E-state index in [0.717, 1.165) is 32.6 Å². The van der Waals surface area contributed by atoms with Crippen LogP contribution in [-0.4, -0.2) is 38.1 Å². The van der Waals surface area contributed by atoms with Crippen molar-refractivity contribution in [2.45, 2.75) is 26.7 Å². The van der Waals surface area contributed by atoms with Gasteiger partial charge in [-0.15, -0.1) is 0 Å². The van der Waals surface area contributed by atoms with Crippen molar-refractivity contribution in [2.24, 2.45) is 0 Å². The van der Waals surface area contributed by atoms with Crippen LogP contribution in [0.5, 0.6) is 0 Å². The molecule has 0 saturated heterocycles. The van der Waals surface area contributed by atoms with Gasteiger partial charge in [-0.2, -0.15) is 0 Å². The van der Waals surface area contributed by atoms with Crippen LogP contribution in [0.3, 0.4) is 0 Å². The highest BCUT2D eigenvalue weighted by Crippen LogP contribution is 1.95. The number of ether oxygens (including phenoxy) is 2. The lowest BCUT2D eigenvalue weighted by atomic mass is 10.3. The van der Waals surface area contributed by atoms with E-state index in [-0.39, 0.29) is 0 Å². The van der Waals surface area contributed by atoms with Crippen molar-refractivity contribution in [1.82, 2.24) is 4.90 Å². The summed E-state index contributed by atoms with van der Waals surface area (Å²) in [4.78, 5) is 2.15. The SMILES string of the molecule is [CH2]CCCN(COCC)COCC. The monoisotopic (exact) mass is 188 g/mol. The van der Waals surface area contributed by atoms with Crippen molar-refractivity contribution in [3.63, 3.8) is 0 Å². The Bertz CT molecular complexity index is 79.9. The average Bonchev–Trinajstić information content (AvgIpc) is 2.17. The maximum absolute atomic E-state index is 5.32. The first-order valence-corrected chi connectivity index (χ1v) is 5.02. The molecule has 0 spiro atoms. The summed E-state index contributed by atoms with van der Waals surface area (Å²) in [5.74, 6) is 0. The Hall–Kier alpha value is -0.120. The molecule has 0 aromatic rings. The van der Waals surface area contributed by atoms with E-state index in [1.54, 1.807) is 0 Å². The van der Waals surface area contributed by atoms with E-state index < -0.39 is 0 Å². The lowest BCUT2D eigenvalue weighted by Gasteiger charge is -2.20. The molecule has 0 rings (SSSR count). The van der Waals surface area contributed by atoms with E-state index in [2.05, 4.69) is 11.8 Å². The lowest BCUT2D eigenvalue weighted by Crippen LogP contribution is -2.30. The van der Waals surface area contributed by atoms with Gasteiger partial charge < -0.3 is 9.47 Å². The lowest BCUT2D eigenvalue weighted by molar-refractivity contribution is -0.0392. The van der Waals surface area contributed by atoms with E-state index in [1.807, 2.05) is 13.8 Å². The summed E-state index contributed by atoms with van der Waals surface area (Å²) >= 11 is 0. The van der Waals surface area contributed by atoms with Crippen LogP contribution in [0, 0.1) is 6.92 Å². The molecule has 0 aromatic heterocycles. The Balaban J connectivity index is 3.47. The smallest absolute Gasteiger partial charge is 0.101 e. The molecule has 0 aromatic carbocycles. The van der Waals surface area contributed by atoms with Crippen molar-refractivity contribution < 1.29 is 9.47 Å². The van der Waals surface area contributed by atoms with Crippen LogP contribution < -0.4 is 0 Å². The van der Waals surface area contributed by atoms with Gasteiger partial charge in [-0.25, -0.2) is 0 Å². The van der Waals surface area contributed by atoms with Gasteiger partial charge in [0.05, 0.1) is 0 Å². The van der Waals surface area contributed by atoms with Crippen LogP contribution in [0.25, 0.3) is 0 Å². The quantitative estimate of drug-likeness (QED) is 0.516. The molecule has 0 aliphatic heterocycles. The first kappa shape index (κ1) is 12.9. The fourth-order valence-corrected chi connectivity index (χ4v) is 0.943. The zero-order valence-corrected chi connectivity index (χ0v) is 8.92. The van der Waals surface area contributed by atoms with Gasteiger partial charge in [0.2, 0.25) is 0 Å². The molecule has 0 atom stereocenters. The molecule has 0 unspecified atom stereocenters. The minimum absolute atomic E-state index is 0.663. The van der Waals surface area contributed by atoms with Crippen LogP contribution in [0.4, 0.5) is 0 Å². The molecule has 0 aliphatic carbocycles. The molecule has 13 heavy (non-hydrogen) atoms. The second kappa shape index (κ2) is 9.96. The zero-order valence-electron chi connectivity index (χ0n) is 8.92. The van der Waals surface area contributed by atoms with E-state index >= 15 is 0 Å². The molecule has 0 heterocycles. The minimum atomic E-state index is 0.663. The molecule has 0 fully saturated rings. The highest BCUT2D eigenvalue weighted by atomic mass is 16.5. The third-order valence-corrected chi connectivity index (χ3v) is 1.68. The Labute approximate surface area is 82.0 Å². The Morgan fingerprint density at radius 1 is 1.08 bits per heavy atom. The third-order valence-electron chi connectivity index (χ3n) is 1.68. The first-order valence-electron chi connectivity index (χ1n) is 5.02. The molecular weight excluding hydrogens is 166 g/mol. The Morgan fingerprint density at radius 2 is 1.62 bits per heavy atom. The largest absolute Gasteiger partial charge is 0.366 e. The van der Waals surface area contributed by atoms with E-state index in [9.17, 15) is 0 Å². The number of unbranched alkanes of at least 4 members (excludes halogenated alkanes) is 1. The highest BCUT2D eigenvalue weighted by Gasteiger charge is 2.02. The fraction of sp³-hybridized carbons (Fsp3) is 0.900. The molecule has 0 amide bonds. The molecular formula is C10H22NO2. The van der Waals surface area contributed by atoms with Crippen molar-refractivity contribution in [2.75, 3.05) is 33.2 Å². The standard InChI is InChI=1S/C10H22NO2/c1-4-7-8-11(9-12-5-2)10-13-6-3/h1,4-10H2,2-3H3. The highest BCUT2D eigenvalue weighted by molar-refractivity contribution is 4.49. The fourth-order valence-electron chi connectivity index (χ4n) is 0.943. The van der Waals surface area contributed by atoms with Gasteiger partial charge in [-0.3, -0.25) is 4.90 Å². The van der Waals surface area contributed by atoms with Crippen LogP contribution in [0.1, 0.15) is 26.7 Å². The topological polar surface area (TPSA) is 21.7 Å². The summed E-state index contributed by atoms with van der Waals surface area (Å²) in [5, 5.41) is 0. The minimum Gasteiger partial charge on any atom is -0.366 e. The second-order valence-corrected chi connectivity index (χ2v) is 2.85. The summed E-state index contributed by atoms with van der Waals surface area (Å²) < 4.78 is 10.6. The van der Waals surface area contributed by atoms with Gasteiger partial charge in [0.25, 0.3) is 0 Å². The second-order valence-electron chi connectivity index (χ2n) is 2.85. The van der Waals surface area contributed by atoms with Gasteiger partial charge in [-0.05, 0) is 20.3 Å². The number of hydrogen-bond acceptors (Lipinski definition) is 3. The van der Waals surface area contributed by atoms with E-state index in [4.69, 9.17) is 9.47 Å². The predicted octanol–water partition coefficient (Wildman–Crippen LogP) is 1.89. The molecule has 1 radical (unpaired) electrons. The van der Waals surface area contributed by atoms with Gasteiger partial charge >= 0.3 is 0 Å². The molecule has 0 aliphatic rings. The molecule has 0 bridgehead atoms. The van der Waals surface area contributed by atoms with Crippen molar-refractivity contribution in [1.29, 1.82) is 0 Å². The number of rotatable bonds is 9. The Morgan fingerprint density at radius 3 is 2.00 bits per heavy atom. The summed E-state index contributed by atoms with van der Waals surface area (Å²) in [6, 6.07) is 0. The summed E-state index contributed by atoms with van der Waals surface area (Å²) in [7, 11) is 0. The normalized spacial score (nSPS) is 11.1. The Kier molecular flexibility index (Phi) is 9.87. The predicted molar refractivity (Wildman–Crippen MR) is 54.3 cm³/mol. The van der Waals surface area contributed by atoms with Crippen molar-refractivity contribution in [3.8, 4) is 0 Å². The molecule has 3 nitrogen and oxygen atoms in total. The van der Waals surface area contributed by atoms with Crippen LogP contribution in [0.15, 0.2) is 0 Å². The zero-order chi connectivity index (χ0) is 9.94. The number of nitrogens with zero attached hydrogens (tertiary/aromatic N) is 1. The van der Waals surface area contributed by atoms with Gasteiger partial charge in [-0.1, -0.05) is 13.3 Å². The summed E-state index contributed by atoms with van der Waals surface area (Å²) in [5.41, 5.74) is 0. The van der Waals surface area contributed by atoms with Gasteiger partial charge in [0.1, 0.15) is 13.5 Å². The van der Waals surface area contributed by atoms with Crippen molar-refractivity contribution in [3.05, 3.63) is 6.92 Å². The summed E-state index contributed by atoms with van der Waals surface area (Å²) in [6.45, 7) is 11.7. The van der Waals surface area contributed by atoms with Crippen molar-refractivity contribution >= 4 is 0 Å².